The van der Waals surface area contributed by atoms with Crippen molar-refractivity contribution in [3.8, 4) is 27.7 Å². The molecule has 0 fully saturated rings. The molecule has 102 valence electrons. The standard InChI is InChI=1S/C13H14ClNO3S/c1-16-9-4-8(5-10(17-2)13(9)18-3)11-7-15-12(6-14)19-11/h4-5,7H,6H2,1-3H3. The number of methoxy groups -OCH3 is 3. The van der Waals surface area contributed by atoms with E-state index in [2.05, 4.69) is 4.98 Å². The molecule has 0 atom stereocenters. The van der Waals surface area contributed by atoms with E-state index in [4.69, 9.17) is 25.8 Å². The molecule has 19 heavy (non-hydrogen) atoms. The first-order chi connectivity index (χ1) is 9.23. The first-order valence-electron chi connectivity index (χ1n) is 5.54. The molecule has 0 bridgehead atoms. The van der Waals surface area contributed by atoms with Crippen LogP contribution in [0.4, 0.5) is 0 Å². The summed E-state index contributed by atoms with van der Waals surface area (Å²) in [6, 6.07) is 3.79. The zero-order valence-corrected chi connectivity index (χ0v) is 12.5. The molecule has 0 saturated carbocycles. The van der Waals surface area contributed by atoms with Crippen LogP contribution in [-0.4, -0.2) is 26.3 Å². The predicted octanol–water partition coefficient (Wildman–Crippen LogP) is 3.57. The number of ether oxygens (including phenoxy) is 3. The van der Waals surface area contributed by atoms with Gasteiger partial charge in [0.1, 0.15) is 5.01 Å². The lowest BCUT2D eigenvalue weighted by atomic mass is 10.1. The van der Waals surface area contributed by atoms with Gasteiger partial charge >= 0.3 is 0 Å². The number of rotatable bonds is 5. The molecule has 1 aromatic carbocycles. The van der Waals surface area contributed by atoms with Gasteiger partial charge in [0.25, 0.3) is 0 Å². The van der Waals surface area contributed by atoms with Crippen molar-refractivity contribution in [3.05, 3.63) is 23.3 Å². The van der Waals surface area contributed by atoms with Gasteiger partial charge in [0.05, 0.1) is 32.1 Å². The lowest BCUT2D eigenvalue weighted by Crippen LogP contribution is -1.95. The van der Waals surface area contributed by atoms with Crippen LogP contribution in [-0.2, 0) is 5.88 Å². The average Bonchev–Trinajstić information content (AvgIpc) is 2.94. The minimum absolute atomic E-state index is 0.412. The van der Waals surface area contributed by atoms with Crippen LogP contribution >= 0.6 is 22.9 Å². The summed E-state index contributed by atoms with van der Waals surface area (Å²) in [4.78, 5) is 5.25. The number of hydrogen-bond donors (Lipinski definition) is 0. The molecule has 0 radical (unpaired) electrons. The molecular weight excluding hydrogens is 286 g/mol. The highest BCUT2D eigenvalue weighted by Gasteiger charge is 2.15. The third kappa shape index (κ3) is 2.77. The van der Waals surface area contributed by atoms with E-state index in [-0.39, 0.29) is 0 Å². The second-order valence-electron chi connectivity index (χ2n) is 3.67. The summed E-state index contributed by atoms with van der Waals surface area (Å²) in [6.07, 6.45) is 1.79. The molecule has 0 aliphatic heterocycles. The van der Waals surface area contributed by atoms with Crippen molar-refractivity contribution < 1.29 is 14.2 Å². The van der Waals surface area contributed by atoms with Crippen molar-refractivity contribution in [1.29, 1.82) is 0 Å². The van der Waals surface area contributed by atoms with Crippen molar-refractivity contribution in [2.24, 2.45) is 0 Å². The molecule has 4 nitrogen and oxygen atoms in total. The molecule has 0 aliphatic rings. The number of benzene rings is 1. The van der Waals surface area contributed by atoms with Gasteiger partial charge < -0.3 is 14.2 Å². The van der Waals surface area contributed by atoms with E-state index in [0.29, 0.717) is 23.1 Å². The van der Waals surface area contributed by atoms with E-state index < -0.39 is 0 Å². The quantitative estimate of drug-likeness (QED) is 0.791. The highest BCUT2D eigenvalue weighted by Crippen LogP contribution is 2.42. The zero-order chi connectivity index (χ0) is 13.8. The van der Waals surface area contributed by atoms with E-state index in [0.717, 1.165) is 15.4 Å². The van der Waals surface area contributed by atoms with Crippen LogP contribution in [0.15, 0.2) is 18.3 Å². The molecule has 0 saturated heterocycles. The van der Waals surface area contributed by atoms with Gasteiger partial charge in [-0.05, 0) is 12.1 Å². The molecule has 6 heteroatoms. The summed E-state index contributed by atoms with van der Waals surface area (Å²) in [6.45, 7) is 0. The van der Waals surface area contributed by atoms with Crippen LogP contribution in [0.5, 0.6) is 17.2 Å². The number of aromatic nitrogens is 1. The third-order valence-electron chi connectivity index (χ3n) is 2.62. The number of thiazole rings is 1. The summed E-state index contributed by atoms with van der Waals surface area (Å²) in [7, 11) is 4.77. The molecule has 0 spiro atoms. The second kappa shape index (κ2) is 6.12. The maximum atomic E-state index is 5.77. The fraction of sp³-hybridized carbons (Fsp3) is 0.308. The molecular formula is C13H14ClNO3S. The van der Waals surface area contributed by atoms with Crippen molar-refractivity contribution in [3.63, 3.8) is 0 Å². The van der Waals surface area contributed by atoms with Gasteiger partial charge in [-0.2, -0.15) is 0 Å². The Labute approximate surface area is 120 Å². The highest BCUT2D eigenvalue weighted by atomic mass is 35.5. The molecule has 0 amide bonds. The fourth-order valence-electron chi connectivity index (χ4n) is 1.73. The normalized spacial score (nSPS) is 10.3. The first-order valence-corrected chi connectivity index (χ1v) is 6.89. The zero-order valence-electron chi connectivity index (χ0n) is 10.9. The Hall–Kier alpha value is -1.46. The Morgan fingerprint density at radius 3 is 2.16 bits per heavy atom. The van der Waals surface area contributed by atoms with Gasteiger partial charge in [-0.3, -0.25) is 0 Å². The van der Waals surface area contributed by atoms with Crippen LogP contribution in [0.3, 0.4) is 0 Å². The Bertz CT molecular complexity index is 546. The third-order valence-corrected chi connectivity index (χ3v) is 4.08. The molecule has 0 unspecified atom stereocenters. The Morgan fingerprint density at radius 2 is 1.74 bits per heavy atom. The first kappa shape index (κ1) is 14.0. The van der Waals surface area contributed by atoms with Crippen molar-refractivity contribution >= 4 is 22.9 Å². The topological polar surface area (TPSA) is 40.6 Å². The molecule has 2 aromatic rings. The maximum Gasteiger partial charge on any atom is 0.203 e. The summed E-state index contributed by atoms with van der Waals surface area (Å²) in [5.74, 6) is 2.24. The number of alkyl halides is 1. The fourth-order valence-corrected chi connectivity index (χ4v) is 2.72. The molecule has 0 N–H and O–H groups in total. The summed E-state index contributed by atoms with van der Waals surface area (Å²) >= 11 is 7.31. The predicted molar refractivity (Wildman–Crippen MR) is 76.8 cm³/mol. The van der Waals surface area contributed by atoms with Gasteiger partial charge in [-0.25, -0.2) is 4.98 Å². The van der Waals surface area contributed by atoms with Gasteiger partial charge in [-0.15, -0.1) is 22.9 Å². The number of halogens is 1. The lowest BCUT2D eigenvalue weighted by Gasteiger charge is -2.13. The van der Waals surface area contributed by atoms with Crippen LogP contribution in [0.25, 0.3) is 10.4 Å². The van der Waals surface area contributed by atoms with E-state index in [1.807, 2.05) is 12.1 Å². The average molecular weight is 300 g/mol. The van der Waals surface area contributed by atoms with E-state index in [1.54, 1.807) is 38.9 Å². The van der Waals surface area contributed by atoms with Crippen molar-refractivity contribution in [2.75, 3.05) is 21.3 Å². The van der Waals surface area contributed by atoms with E-state index >= 15 is 0 Å². The minimum atomic E-state index is 0.412. The Kier molecular flexibility index (Phi) is 4.50. The molecule has 1 heterocycles. The van der Waals surface area contributed by atoms with Gasteiger partial charge in [0, 0.05) is 11.8 Å². The van der Waals surface area contributed by atoms with Crippen LogP contribution < -0.4 is 14.2 Å². The van der Waals surface area contributed by atoms with Gasteiger partial charge in [-0.1, -0.05) is 0 Å². The van der Waals surface area contributed by atoms with Gasteiger partial charge in [0.2, 0.25) is 5.75 Å². The van der Waals surface area contributed by atoms with Crippen molar-refractivity contribution in [1.82, 2.24) is 4.98 Å². The Balaban J connectivity index is 2.51. The highest BCUT2D eigenvalue weighted by molar-refractivity contribution is 7.15. The maximum absolute atomic E-state index is 5.77. The van der Waals surface area contributed by atoms with Crippen molar-refractivity contribution in [2.45, 2.75) is 5.88 Å². The van der Waals surface area contributed by atoms with E-state index in [9.17, 15) is 0 Å². The molecule has 1 aromatic heterocycles. The van der Waals surface area contributed by atoms with Crippen LogP contribution in [0, 0.1) is 0 Å². The Morgan fingerprint density at radius 1 is 1.11 bits per heavy atom. The number of nitrogens with zero attached hydrogens (tertiary/aromatic N) is 1. The minimum Gasteiger partial charge on any atom is -0.493 e. The van der Waals surface area contributed by atoms with Crippen LogP contribution in [0.2, 0.25) is 0 Å². The summed E-state index contributed by atoms with van der Waals surface area (Å²) < 4.78 is 15.9. The lowest BCUT2D eigenvalue weighted by molar-refractivity contribution is 0.324. The van der Waals surface area contributed by atoms with Gasteiger partial charge in [0.15, 0.2) is 11.5 Å². The molecule has 2 rings (SSSR count). The summed E-state index contributed by atoms with van der Waals surface area (Å²) in [5, 5.41) is 0.880. The monoisotopic (exact) mass is 299 g/mol. The molecule has 0 aliphatic carbocycles. The summed E-state index contributed by atoms with van der Waals surface area (Å²) in [5.41, 5.74) is 0.961. The SMILES string of the molecule is COc1cc(-c2cnc(CCl)s2)cc(OC)c1OC. The largest absolute Gasteiger partial charge is 0.493 e. The number of hydrogen-bond acceptors (Lipinski definition) is 5. The second-order valence-corrected chi connectivity index (χ2v) is 5.05. The van der Waals surface area contributed by atoms with E-state index in [1.165, 1.54) is 0 Å². The smallest absolute Gasteiger partial charge is 0.203 e. The van der Waals surface area contributed by atoms with Crippen LogP contribution in [0.1, 0.15) is 5.01 Å².